The minimum absolute atomic E-state index is 0.382. The molecule has 0 aromatic heterocycles. The maximum Gasteiger partial charge on any atom is 0.289 e. The van der Waals surface area contributed by atoms with Crippen LogP contribution in [-0.2, 0) is 4.74 Å². The van der Waals surface area contributed by atoms with Gasteiger partial charge in [-0.1, -0.05) is 24.6 Å². The summed E-state index contributed by atoms with van der Waals surface area (Å²) in [6.07, 6.45) is 5.46. The molecule has 0 unspecified atom stereocenters. The van der Waals surface area contributed by atoms with E-state index >= 15 is 0 Å². The van der Waals surface area contributed by atoms with Gasteiger partial charge in [-0.3, -0.25) is 0 Å². The van der Waals surface area contributed by atoms with E-state index in [1.165, 1.54) is 25.7 Å². The average Bonchev–Trinajstić information content (AvgIpc) is 2.40. The van der Waals surface area contributed by atoms with E-state index in [0.717, 1.165) is 12.2 Å². The number of para-hydroxylation sites is 1. The van der Waals surface area contributed by atoms with Crippen molar-refractivity contribution in [3.05, 3.63) is 30.3 Å². The van der Waals surface area contributed by atoms with E-state index in [2.05, 4.69) is 10.3 Å². The molecule has 2 aliphatic rings. The maximum atomic E-state index is 5.93. The molecule has 1 aliphatic carbocycles. The van der Waals surface area contributed by atoms with E-state index in [1.54, 1.807) is 0 Å². The molecule has 17 heavy (non-hydrogen) atoms. The van der Waals surface area contributed by atoms with Gasteiger partial charge in [0.1, 0.15) is 6.10 Å². The Bertz CT molecular complexity index is 402. The van der Waals surface area contributed by atoms with Crippen molar-refractivity contribution in [1.82, 2.24) is 0 Å². The summed E-state index contributed by atoms with van der Waals surface area (Å²) in [5.74, 6) is 0.644. The Morgan fingerprint density at radius 1 is 1.12 bits per heavy atom. The largest absolute Gasteiger partial charge is 0.461 e. The van der Waals surface area contributed by atoms with Gasteiger partial charge in [-0.05, 0) is 31.4 Å². The number of aliphatic imine (C=N–C) groups is 1. The first-order valence-corrected chi connectivity index (χ1v) is 6.45. The number of hydrogen-bond acceptors (Lipinski definition) is 3. The average molecular weight is 230 g/mol. The van der Waals surface area contributed by atoms with Crippen molar-refractivity contribution < 1.29 is 4.74 Å². The van der Waals surface area contributed by atoms with Gasteiger partial charge in [0.2, 0.25) is 0 Å². The third-order valence-corrected chi connectivity index (χ3v) is 3.60. The van der Waals surface area contributed by atoms with Gasteiger partial charge < -0.3 is 10.1 Å². The number of fused-ring (bicyclic) bond motifs is 1. The lowest BCUT2D eigenvalue weighted by Crippen LogP contribution is -2.38. The van der Waals surface area contributed by atoms with Crippen LogP contribution in [0.3, 0.4) is 0 Å². The zero-order valence-electron chi connectivity index (χ0n) is 9.93. The number of benzene rings is 1. The monoisotopic (exact) mass is 230 g/mol. The van der Waals surface area contributed by atoms with Crippen LogP contribution in [0.2, 0.25) is 0 Å². The van der Waals surface area contributed by atoms with E-state index < -0.39 is 0 Å². The van der Waals surface area contributed by atoms with Crippen molar-refractivity contribution >= 4 is 11.7 Å². The summed E-state index contributed by atoms with van der Waals surface area (Å²) in [4.78, 5) is 4.49. The fourth-order valence-electron chi connectivity index (χ4n) is 2.63. The summed E-state index contributed by atoms with van der Waals surface area (Å²) < 4.78 is 5.93. The summed E-state index contributed by atoms with van der Waals surface area (Å²) in [5.41, 5.74) is 1.04. The van der Waals surface area contributed by atoms with Gasteiger partial charge in [-0.2, -0.15) is 0 Å². The summed E-state index contributed by atoms with van der Waals surface area (Å²) in [7, 11) is 0. The summed E-state index contributed by atoms with van der Waals surface area (Å²) >= 11 is 0. The topological polar surface area (TPSA) is 33.6 Å². The number of ether oxygens (including phenoxy) is 1. The molecular weight excluding hydrogens is 212 g/mol. The van der Waals surface area contributed by atoms with Crippen molar-refractivity contribution in [1.29, 1.82) is 0 Å². The van der Waals surface area contributed by atoms with Crippen LogP contribution in [0.4, 0.5) is 5.69 Å². The second-order valence-corrected chi connectivity index (χ2v) is 4.84. The van der Waals surface area contributed by atoms with Crippen LogP contribution in [0.1, 0.15) is 25.7 Å². The van der Waals surface area contributed by atoms with Gasteiger partial charge in [0.15, 0.2) is 0 Å². The molecule has 1 saturated carbocycles. The lowest BCUT2D eigenvalue weighted by atomic mass is 9.86. The molecule has 3 rings (SSSR count). The Labute approximate surface area is 102 Å². The molecule has 1 aromatic carbocycles. The molecule has 0 spiro atoms. The van der Waals surface area contributed by atoms with Crippen LogP contribution in [0.25, 0.3) is 0 Å². The molecule has 2 atom stereocenters. The third kappa shape index (κ3) is 2.43. The smallest absolute Gasteiger partial charge is 0.289 e. The Morgan fingerprint density at radius 3 is 2.82 bits per heavy atom. The van der Waals surface area contributed by atoms with Crippen LogP contribution < -0.4 is 5.32 Å². The van der Waals surface area contributed by atoms with Crippen molar-refractivity contribution in [3.63, 3.8) is 0 Å². The highest BCUT2D eigenvalue weighted by atomic mass is 16.5. The molecule has 0 saturated heterocycles. The molecule has 1 aliphatic heterocycles. The highest BCUT2D eigenvalue weighted by molar-refractivity contribution is 5.89. The number of rotatable bonds is 1. The van der Waals surface area contributed by atoms with Gasteiger partial charge in [-0.15, -0.1) is 0 Å². The molecule has 3 nitrogen and oxygen atoms in total. The van der Waals surface area contributed by atoms with Crippen LogP contribution in [0.5, 0.6) is 0 Å². The van der Waals surface area contributed by atoms with E-state index in [-0.39, 0.29) is 0 Å². The van der Waals surface area contributed by atoms with Crippen molar-refractivity contribution in [3.8, 4) is 0 Å². The zero-order valence-corrected chi connectivity index (χ0v) is 9.93. The highest BCUT2D eigenvalue weighted by Gasteiger charge is 2.30. The number of hydrogen-bond donors (Lipinski definition) is 1. The lowest BCUT2D eigenvalue weighted by molar-refractivity contribution is 0.0718. The van der Waals surface area contributed by atoms with Gasteiger partial charge in [0, 0.05) is 11.6 Å². The third-order valence-electron chi connectivity index (χ3n) is 3.60. The maximum absolute atomic E-state index is 5.93. The second kappa shape index (κ2) is 4.78. The van der Waals surface area contributed by atoms with E-state index in [0.29, 0.717) is 18.0 Å². The van der Waals surface area contributed by atoms with E-state index in [1.807, 2.05) is 30.3 Å². The van der Waals surface area contributed by atoms with Crippen molar-refractivity contribution in [2.24, 2.45) is 10.9 Å². The van der Waals surface area contributed by atoms with Gasteiger partial charge >= 0.3 is 0 Å². The van der Waals surface area contributed by atoms with Crippen molar-refractivity contribution in [2.75, 3.05) is 11.9 Å². The zero-order chi connectivity index (χ0) is 11.5. The number of nitrogens with zero attached hydrogens (tertiary/aromatic N) is 1. The first-order valence-electron chi connectivity index (χ1n) is 6.45. The highest BCUT2D eigenvalue weighted by Crippen LogP contribution is 2.29. The summed E-state index contributed by atoms with van der Waals surface area (Å²) in [6, 6.07) is 10.8. The fourth-order valence-corrected chi connectivity index (χ4v) is 2.63. The molecule has 0 bridgehead atoms. The summed E-state index contributed by atoms with van der Waals surface area (Å²) in [5, 5.41) is 3.24. The molecule has 0 amide bonds. The fraction of sp³-hybridized carbons (Fsp3) is 0.500. The minimum Gasteiger partial charge on any atom is -0.461 e. The normalized spacial score (nSPS) is 27.6. The standard InChI is InChI=1S/C14H18N2O/c1-2-7-12(8-3-1)16-14-15-10-11-6-4-5-9-13(11)17-14/h1-3,7-8,11,13H,4-6,9-10H2,(H,15,16)/t11-,13+/m1/s1. The number of anilines is 1. The van der Waals surface area contributed by atoms with Crippen LogP contribution in [0.15, 0.2) is 35.3 Å². The van der Waals surface area contributed by atoms with Crippen LogP contribution in [0, 0.1) is 5.92 Å². The first kappa shape index (κ1) is 10.6. The molecule has 1 heterocycles. The predicted octanol–water partition coefficient (Wildman–Crippen LogP) is 3.04. The number of amidine groups is 1. The molecule has 90 valence electrons. The Morgan fingerprint density at radius 2 is 1.94 bits per heavy atom. The van der Waals surface area contributed by atoms with Crippen LogP contribution in [-0.4, -0.2) is 18.7 Å². The first-order chi connectivity index (χ1) is 8.42. The molecule has 3 heteroatoms. The molecular formula is C14H18N2O. The van der Waals surface area contributed by atoms with Gasteiger partial charge in [-0.25, -0.2) is 4.99 Å². The molecule has 1 N–H and O–H groups in total. The summed E-state index contributed by atoms with van der Waals surface area (Å²) in [6.45, 7) is 0.917. The molecule has 1 aromatic rings. The Hall–Kier alpha value is -1.51. The van der Waals surface area contributed by atoms with E-state index in [4.69, 9.17) is 4.74 Å². The Kier molecular flexibility index (Phi) is 2.99. The Balaban J connectivity index is 1.67. The van der Waals surface area contributed by atoms with Crippen LogP contribution >= 0.6 is 0 Å². The lowest BCUT2D eigenvalue weighted by Gasteiger charge is -2.34. The molecule has 0 radical (unpaired) electrons. The van der Waals surface area contributed by atoms with E-state index in [9.17, 15) is 0 Å². The number of nitrogens with one attached hydrogen (secondary N) is 1. The quantitative estimate of drug-likeness (QED) is 0.804. The predicted molar refractivity (Wildman–Crippen MR) is 69.2 cm³/mol. The van der Waals surface area contributed by atoms with Gasteiger partial charge in [0.25, 0.3) is 6.02 Å². The minimum atomic E-state index is 0.382. The van der Waals surface area contributed by atoms with Crippen molar-refractivity contribution in [2.45, 2.75) is 31.8 Å². The van der Waals surface area contributed by atoms with Gasteiger partial charge in [0.05, 0.1) is 6.54 Å². The second-order valence-electron chi connectivity index (χ2n) is 4.84. The molecule has 1 fully saturated rings. The SMILES string of the molecule is c1ccc(NC2=NC[C@H]3CCCC[C@@H]3O2)cc1.